The van der Waals surface area contributed by atoms with Crippen LogP contribution in [0.25, 0.3) is 0 Å². The molecule has 4 aromatic carbocycles. The molecule has 0 saturated heterocycles. The maximum Gasteiger partial charge on any atom is 0.264 e. The van der Waals surface area contributed by atoms with Crippen molar-refractivity contribution >= 4 is 39.1 Å². The first-order chi connectivity index (χ1) is 22.7. The number of sulfonamides is 1. The minimum atomic E-state index is -4.23. The van der Waals surface area contributed by atoms with Crippen LogP contribution < -0.4 is 14.4 Å². The van der Waals surface area contributed by atoms with Gasteiger partial charge < -0.3 is 15.0 Å². The van der Waals surface area contributed by atoms with Gasteiger partial charge in [-0.3, -0.25) is 13.9 Å². The van der Waals surface area contributed by atoms with Gasteiger partial charge in [0.05, 0.1) is 17.7 Å². The molecule has 1 saturated carbocycles. The molecule has 47 heavy (non-hydrogen) atoms. The summed E-state index contributed by atoms with van der Waals surface area (Å²) in [7, 11) is -2.73. The Kier molecular flexibility index (Phi) is 11.6. The summed E-state index contributed by atoms with van der Waals surface area (Å²) >= 11 is 6.16. The Bertz CT molecular complexity index is 1710. The number of benzene rings is 4. The summed E-state index contributed by atoms with van der Waals surface area (Å²) in [4.78, 5) is 30.3. The molecule has 1 aliphatic carbocycles. The highest BCUT2D eigenvalue weighted by Crippen LogP contribution is 2.28. The topological polar surface area (TPSA) is 96.0 Å². The van der Waals surface area contributed by atoms with Crippen molar-refractivity contribution in [3.63, 3.8) is 0 Å². The third-order valence-corrected chi connectivity index (χ3v) is 10.5. The van der Waals surface area contributed by atoms with Gasteiger partial charge in [-0.05, 0) is 72.5 Å². The van der Waals surface area contributed by atoms with E-state index in [1.165, 1.54) is 24.1 Å². The average Bonchev–Trinajstić information content (AvgIpc) is 3.10. The molecular formula is C37H40ClN3O5S. The van der Waals surface area contributed by atoms with E-state index >= 15 is 0 Å². The summed E-state index contributed by atoms with van der Waals surface area (Å²) in [5.41, 5.74) is 1.98. The second kappa shape index (κ2) is 16.0. The molecule has 4 aromatic rings. The molecule has 1 N–H and O–H groups in total. The average molecular weight is 674 g/mol. The molecule has 0 spiro atoms. The van der Waals surface area contributed by atoms with Gasteiger partial charge in [-0.1, -0.05) is 91.5 Å². The van der Waals surface area contributed by atoms with Crippen LogP contribution in [0.4, 0.5) is 5.69 Å². The van der Waals surface area contributed by atoms with Crippen LogP contribution in [0.1, 0.15) is 43.2 Å². The zero-order valence-corrected chi connectivity index (χ0v) is 28.0. The zero-order chi connectivity index (χ0) is 33.2. The third-order valence-electron chi connectivity index (χ3n) is 8.46. The van der Waals surface area contributed by atoms with E-state index in [0.717, 1.165) is 47.5 Å². The molecule has 8 nitrogen and oxygen atoms in total. The Morgan fingerprint density at radius 1 is 0.830 bits per heavy atom. The summed E-state index contributed by atoms with van der Waals surface area (Å²) < 4.78 is 34.7. The number of carbonyl (C=O) groups is 2. The first-order valence-electron chi connectivity index (χ1n) is 15.8. The van der Waals surface area contributed by atoms with Crippen LogP contribution >= 0.6 is 11.6 Å². The highest BCUT2D eigenvalue weighted by molar-refractivity contribution is 7.92. The number of hydrogen-bond donors (Lipinski definition) is 1. The van der Waals surface area contributed by atoms with Gasteiger partial charge in [0.2, 0.25) is 11.8 Å². The van der Waals surface area contributed by atoms with Gasteiger partial charge in [-0.2, -0.15) is 0 Å². The predicted octanol–water partition coefficient (Wildman–Crippen LogP) is 6.63. The van der Waals surface area contributed by atoms with Crippen molar-refractivity contribution in [2.24, 2.45) is 0 Å². The highest BCUT2D eigenvalue weighted by atomic mass is 35.5. The SMILES string of the molecule is COc1ccc(S(=O)(=O)N(CC(=O)N(Cc2ccccc2)[C@@H](Cc2ccccc2)C(=O)NC2CCCCC2)c2ccc(Cl)cc2)cc1. The van der Waals surface area contributed by atoms with Gasteiger partial charge in [0.15, 0.2) is 0 Å². The number of carbonyl (C=O) groups excluding carboxylic acids is 2. The molecular weight excluding hydrogens is 634 g/mol. The first kappa shape index (κ1) is 34.0. The summed E-state index contributed by atoms with van der Waals surface area (Å²) in [5, 5.41) is 3.65. The number of nitrogens with one attached hydrogen (secondary N) is 1. The molecule has 0 unspecified atom stereocenters. The van der Waals surface area contributed by atoms with E-state index in [4.69, 9.17) is 16.3 Å². The summed E-state index contributed by atoms with van der Waals surface area (Å²) in [6.45, 7) is -0.420. The van der Waals surface area contributed by atoms with Crippen molar-refractivity contribution in [3.8, 4) is 5.75 Å². The number of nitrogens with zero attached hydrogens (tertiary/aromatic N) is 2. The number of halogens is 1. The lowest BCUT2D eigenvalue weighted by Crippen LogP contribution is -2.55. The van der Waals surface area contributed by atoms with Crippen molar-refractivity contribution < 1.29 is 22.7 Å². The monoisotopic (exact) mass is 673 g/mol. The Hall–Kier alpha value is -4.34. The largest absolute Gasteiger partial charge is 0.497 e. The number of ether oxygens (including phenoxy) is 1. The maximum absolute atomic E-state index is 14.6. The van der Waals surface area contributed by atoms with Crippen molar-refractivity contribution in [1.29, 1.82) is 0 Å². The Balaban J connectivity index is 1.54. The molecule has 0 aromatic heterocycles. The number of hydrogen-bond acceptors (Lipinski definition) is 5. The van der Waals surface area contributed by atoms with E-state index in [1.807, 2.05) is 60.7 Å². The van der Waals surface area contributed by atoms with Crippen LogP contribution in [0, 0.1) is 0 Å². The second-order valence-electron chi connectivity index (χ2n) is 11.7. The smallest absolute Gasteiger partial charge is 0.264 e. The van der Waals surface area contributed by atoms with Gasteiger partial charge in [0, 0.05) is 24.0 Å². The molecule has 0 radical (unpaired) electrons. The molecule has 10 heteroatoms. The number of amides is 2. The quantitative estimate of drug-likeness (QED) is 0.172. The van der Waals surface area contributed by atoms with Crippen molar-refractivity contribution in [1.82, 2.24) is 10.2 Å². The van der Waals surface area contributed by atoms with Crippen LogP contribution in [-0.4, -0.2) is 50.9 Å². The standard InChI is InChI=1S/C37H40ClN3O5S/c1-46-33-21-23-34(24-22-33)47(44,45)41(32-19-17-30(38)18-20-32)27-36(42)40(26-29-13-7-3-8-14-29)35(25-28-11-5-2-6-12-28)37(43)39-31-15-9-4-10-16-31/h2-3,5-8,11-14,17-24,31,35H,4,9-10,15-16,25-27H2,1H3,(H,39,43)/t35-/m0/s1. The van der Waals surface area contributed by atoms with Crippen LogP contribution in [0.3, 0.4) is 0 Å². The Morgan fingerprint density at radius 2 is 1.43 bits per heavy atom. The van der Waals surface area contributed by atoms with Crippen molar-refractivity contribution in [2.45, 2.75) is 62.0 Å². The molecule has 246 valence electrons. The fourth-order valence-corrected chi connectivity index (χ4v) is 7.43. The second-order valence-corrected chi connectivity index (χ2v) is 14.0. The van der Waals surface area contributed by atoms with E-state index in [-0.39, 0.29) is 35.5 Å². The molecule has 1 fully saturated rings. The van der Waals surface area contributed by atoms with Crippen LogP contribution in [-0.2, 0) is 32.6 Å². The molecule has 2 amide bonds. The number of rotatable bonds is 13. The summed E-state index contributed by atoms with van der Waals surface area (Å²) in [6, 6.07) is 30.4. The van der Waals surface area contributed by atoms with Gasteiger partial charge in [0.1, 0.15) is 18.3 Å². The van der Waals surface area contributed by atoms with E-state index in [2.05, 4.69) is 5.32 Å². The third kappa shape index (κ3) is 8.93. The van der Waals surface area contributed by atoms with E-state index in [1.54, 1.807) is 36.4 Å². The Labute approximate surface area is 282 Å². The Morgan fingerprint density at radius 3 is 2.02 bits per heavy atom. The van der Waals surface area contributed by atoms with E-state index in [9.17, 15) is 18.0 Å². The summed E-state index contributed by atoms with van der Waals surface area (Å²) in [5.74, 6) is -0.262. The molecule has 0 bridgehead atoms. The lowest BCUT2D eigenvalue weighted by atomic mass is 9.94. The molecule has 5 rings (SSSR count). The first-order valence-corrected chi connectivity index (χ1v) is 17.7. The van der Waals surface area contributed by atoms with Crippen LogP contribution in [0.15, 0.2) is 114 Å². The predicted molar refractivity (Wildman–Crippen MR) is 185 cm³/mol. The molecule has 0 aliphatic heterocycles. The fraction of sp³-hybridized carbons (Fsp3) is 0.297. The minimum Gasteiger partial charge on any atom is -0.497 e. The van der Waals surface area contributed by atoms with Crippen molar-refractivity contribution in [3.05, 3.63) is 125 Å². The maximum atomic E-state index is 14.6. The molecule has 1 atom stereocenters. The minimum absolute atomic E-state index is 0.00784. The zero-order valence-electron chi connectivity index (χ0n) is 26.4. The van der Waals surface area contributed by atoms with Crippen LogP contribution in [0.5, 0.6) is 5.75 Å². The summed E-state index contributed by atoms with van der Waals surface area (Å²) in [6.07, 6.45) is 5.27. The number of anilines is 1. The van der Waals surface area contributed by atoms with Gasteiger partial charge in [-0.25, -0.2) is 8.42 Å². The van der Waals surface area contributed by atoms with Gasteiger partial charge in [-0.15, -0.1) is 0 Å². The molecule has 0 heterocycles. The number of methoxy groups -OCH3 is 1. The van der Waals surface area contributed by atoms with Gasteiger partial charge >= 0.3 is 0 Å². The van der Waals surface area contributed by atoms with E-state index in [0.29, 0.717) is 10.8 Å². The van der Waals surface area contributed by atoms with E-state index < -0.39 is 28.5 Å². The van der Waals surface area contributed by atoms with Crippen LogP contribution in [0.2, 0.25) is 5.02 Å². The normalized spacial score (nSPS) is 14.2. The lowest BCUT2D eigenvalue weighted by Gasteiger charge is -2.35. The fourth-order valence-electron chi connectivity index (χ4n) is 5.89. The van der Waals surface area contributed by atoms with Gasteiger partial charge in [0.25, 0.3) is 10.0 Å². The molecule has 1 aliphatic rings. The van der Waals surface area contributed by atoms with Crippen molar-refractivity contribution in [2.75, 3.05) is 18.0 Å². The highest BCUT2D eigenvalue weighted by Gasteiger charge is 2.35. The lowest BCUT2D eigenvalue weighted by molar-refractivity contribution is -0.140.